The number of hydrogen-bond acceptors (Lipinski definition) is 6. The zero-order chi connectivity index (χ0) is 19.6. The molecular formula is C18H24N4O4S. The molecule has 1 aromatic heterocycles. The molecule has 1 N–H and O–H groups in total. The number of aromatic nitrogens is 1. The van der Waals surface area contributed by atoms with Crippen molar-refractivity contribution in [3.8, 4) is 0 Å². The van der Waals surface area contributed by atoms with E-state index in [0.717, 1.165) is 11.1 Å². The summed E-state index contributed by atoms with van der Waals surface area (Å²) in [7, 11) is -3.52. The second-order valence-electron chi connectivity index (χ2n) is 6.83. The highest BCUT2D eigenvalue weighted by molar-refractivity contribution is 7.89. The van der Waals surface area contributed by atoms with Gasteiger partial charge < -0.3 is 4.52 Å². The first kappa shape index (κ1) is 19.5. The Hall–Kier alpha value is -2.23. The molecule has 0 unspecified atom stereocenters. The van der Waals surface area contributed by atoms with Gasteiger partial charge in [-0.25, -0.2) is 8.42 Å². The van der Waals surface area contributed by atoms with Gasteiger partial charge >= 0.3 is 0 Å². The zero-order valence-corrected chi connectivity index (χ0v) is 16.5. The van der Waals surface area contributed by atoms with Gasteiger partial charge in [0.15, 0.2) is 0 Å². The van der Waals surface area contributed by atoms with E-state index in [2.05, 4.69) is 10.5 Å². The Morgan fingerprint density at radius 2 is 1.85 bits per heavy atom. The lowest BCUT2D eigenvalue weighted by molar-refractivity contribution is -0.117. The lowest BCUT2D eigenvalue weighted by atomic mass is 10.2. The number of anilines is 1. The van der Waals surface area contributed by atoms with Gasteiger partial charge in [0.1, 0.15) is 0 Å². The van der Waals surface area contributed by atoms with E-state index in [1.165, 1.54) is 4.31 Å². The molecule has 1 aliphatic rings. The maximum absolute atomic E-state index is 12.9. The molecule has 0 spiro atoms. The van der Waals surface area contributed by atoms with Gasteiger partial charge in [-0.3, -0.25) is 15.0 Å². The number of nitrogens with one attached hydrogen (secondary N) is 1. The van der Waals surface area contributed by atoms with Crippen molar-refractivity contribution >= 4 is 21.8 Å². The summed E-state index contributed by atoms with van der Waals surface area (Å²) in [6.07, 6.45) is 0. The van der Waals surface area contributed by atoms with Gasteiger partial charge in [-0.1, -0.05) is 22.9 Å². The molecule has 1 aromatic carbocycles. The minimum absolute atomic E-state index is 0.178. The van der Waals surface area contributed by atoms with Crippen LogP contribution in [0.15, 0.2) is 33.7 Å². The fraction of sp³-hybridized carbons (Fsp3) is 0.444. The highest BCUT2D eigenvalue weighted by Gasteiger charge is 2.30. The van der Waals surface area contributed by atoms with Gasteiger partial charge in [0.05, 0.1) is 17.1 Å². The minimum Gasteiger partial charge on any atom is -0.338 e. The number of nitrogens with zero attached hydrogens (tertiary/aromatic N) is 3. The topological polar surface area (TPSA) is 95.8 Å². The number of hydrogen-bond donors (Lipinski definition) is 1. The number of piperazine rings is 1. The Kier molecular flexibility index (Phi) is 5.64. The van der Waals surface area contributed by atoms with E-state index in [4.69, 9.17) is 4.52 Å². The fourth-order valence-corrected chi connectivity index (χ4v) is 4.79. The molecule has 1 fully saturated rings. The summed E-state index contributed by atoms with van der Waals surface area (Å²) in [5.41, 5.74) is 2.47. The number of rotatable bonds is 5. The molecule has 1 saturated heterocycles. The van der Waals surface area contributed by atoms with E-state index in [1.807, 2.05) is 30.9 Å². The van der Waals surface area contributed by atoms with Crippen molar-refractivity contribution in [3.05, 3.63) is 41.1 Å². The predicted molar refractivity (Wildman–Crippen MR) is 101 cm³/mol. The van der Waals surface area contributed by atoms with Crippen molar-refractivity contribution in [1.82, 2.24) is 14.4 Å². The van der Waals surface area contributed by atoms with E-state index >= 15 is 0 Å². The number of benzene rings is 1. The lowest BCUT2D eigenvalue weighted by Gasteiger charge is -2.33. The maximum Gasteiger partial charge on any atom is 0.243 e. The van der Waals surface area contributed by atoms with E-state index < -0.39 is 10.0 Å². The molecule has 0 aliphatic carbocycles. The van der Waals surface area contributed by atoms with E-state index in [-0.39, 0.29) is 12.5 Å². The molecule has 1 aliphatic heterocycles. The molecule has 2 heterocycles. The molecule has 1 amide bonds. The number of aryl methyl sites for hydroxylation is 3. The second kappa shape index (κ2) is 7.79. The minimum atomic E-state index is -3.52. The first-order valence-corrected chi connectivity index (χ1v) is 10.2. The number of carbonyl (C=O) groups excluding carboxylic acids is 1. The quantitative estimate of drug-likeness (QED) is 0.829. The Morgan fingerprint density at radius 1 is 1.15 bits per heavy atom. The average molecular weight is 392 g/mol. The van der Waals surface area contributed by atoms with Crippen molar-refractivity contribution in [2.45, 2.75) is 25.7 Å². The van der Waals surface area contributed by atoms with Crippen LogP contribution in [-0.4, -0.2) is 61.4 Å². The Bertz CT molecular complexity index is 931. The van der Waals surface area contributed by atoms with Crippen molar-refractivity contribution < 1.29 is 17.7 Å². The standard InChI is InChI=1S/C18H24N4O4S/c1-13-4-5-16(14(2)10-13)27(24,25)22-8-6-21(7-9-22)12-17(23)19-18-11-15(3)20-26-18/h4-5,10-11H,6-9,12H2,1-3H3,(H,19,23). The smallest absolute Gasteiger partial charge is 0.243 e. The summed E-state index contributed by atoms with van der Waals surface area (Å²) in [6, 6.07) is 7.00. The first-order chi connectivity index (χ1) is 12.8. The van der Waals surface area contributed by atoms with Crippen LogP contribution in [0.5, 0.6) is 0 Å². The largest absolute Gasteiger partial charge is 0.338 e. The number of sulfonamides is 1. The molecular weight excluding hydrogens is 368 g/mol. The van der Waals surface area contributed by atoms with Crippen molar-refractivity contribution in [2.24, 2.45) is 0 Å². The monoisotopic (exact) mass is 392 g/mol. The number of amides is 1. The van der Waals surface area contributed by atoms with E-state index in [9.17, 15) is 13.2 Å². The Balaban J connectivity index is 1.57. The molecule has 0 bridgehead atoms. The highest BCUT2D eigenvalue weighted by Crippen LogP contribution is 2.22. The van der Waals surface area contributed by atoms with Gasteiger partial charge in [0.25, 0.3) is 0 Å². The molecule has 2 aromatic rings. The van der Waals surface area contributed by atoms with Crippen LogP contribution in [-0.2, 0) is 14.8 Å². The van der Waals surface area contributed by atoms with Crippen molar-refractivity contribution in [3.63, 3.8) is 0 Å². The van der Waals surface area contributed by atoms with Gasteiger partial charge in [-0.05, 0) is 32.4 Å². The summed E-state index contributed by atoms with van der Waals surface area (Å²) in [4.78, 5) is 14.4. The third-order valence-corrected chi connectivity index (χ3v) is 6.60. The van der Waals surface area contributed by atoms with Crippen LogP contribution in [0.3, 0.4) is 0 Å². The molecule has 9 heteroatoms. The van der Waals surface area contributed by atoms with Crippen LogP contribution in [0.4, 0.5) is 5.88 Å². The van der Waals surface area contributed by atoms with Gasteiger partial charge in [-0.2, -0.15) is 4.31 Å². The molecule has 0 atom stereocenters. The Morgan fingerprint density at radius 3 is 2.44 bits per heavy atom. The molecule has 27 heavy (non-hydrogen) atoms. The van der Waals surface area contributed by atoms with Crippen LogP contribution in [0.1, 0.15) is 16.8 Å². The normalized spacial score (nSPS) is 16.4. The summed E-state index contributed by atoms with van der Waals surface area (Å²) in [6.45, 7) is 7.39. The molecule has 146 valence electrons. The van der Waals surface area contributed by atoms with E-state index in [1.54, 1.807) is 19.1 Å². The van der Waals surface area contributed by atoms with Crippen molar-refractivity contribution in [2.75, 3.05) is 38.0 Å². The van der Waals surface area contributed by atoms with Crippen LogP contribution >= 0.6 is 0 Å². The summed E-state index contributed by atoms with van der Waals surface area (Å²) in [5.74, 6) is 0.102. The maximum atomic E-state index is 12.9. The number of carbonyl (C=O) groups is 1. The SMILES string of the molecule is Cc1ccc(S(=O)(=O)N2CCN(CC(=O)Nc3cc(C)no3)CC2)c(C)c1. The fourth-order valence-electron chi connectivity index (χ4n) is 3.16. The first-order valence-electron chi connectivity index (χ1n) is 8.78. The molecule has 0 saturated carbocycles. The lowest BCUT2D eigenvalue weighted by Crippen LogP contribution is -2.50. The van der Waals surface area contributed by atoms with Crippen LogP contribution < -0.4 is 5.32 Å². The third-order valence-electron chi connectivity index (χ3n) is 4.54. The van der Waals surface area contributed by atoms with Crippen LogP contribution in [0, 0.1) is 20.8 Å². The van der Waals surface area contributed by atoms with Gasteiger partial charge in [0, 0.05) is 32.2 Å². The highest BCUT2D eigenvalue weighted by atomic mass is 32.2. The summed E-state index contributed by atoms with van der Waals surface area (Å²) in [5, 5.41) is 6.37. The average Bonchev–Trinajstić information content (AvgIpc) is 2.99. The zero-order valence-electron chi connectivity index (χ0n) is 15.7. The molecule has 0 radical (unpaired) electrons. The Labute approximate surface area is 159 Å². The van der Waals surface area contributed by atoms with Gasteiger partial charge in [-0.15, -0.1) is 0 Å². The van der Waals surface area contributed by atoms with Crippen LogP contribution in [0.25, 0.3) is 0 Å². The van der Waals surface area contributed by atoms with Crippen molar-refractivity contribution in [1.29, 1.82) is 0 Å². The van der Waals surface area contributed by atoms with Gasteiger partial charge in [0.2, 0.25) is 21.8 Å². The molecule has 3 rings (SSSR count). The predicted octanol–water partition coefficient (Wildman–Crippen LogP) is 1.54. The summed E-state index contributed by atoms with van der Waals surface area (Å²) < 4.78 is 32.3. The van der Waals surface area contributed by atoms with E-state index in [0.29, 0.717) is 42.7 Å². The third kappa shape index (κ3) is 4.55. The molecule has 8 nitrogen and oxygen atoms in total. The van der Waals surface area contributed by atoms with Crippen LogP contribution in [0.2, 0.25) is 0 Å². The second-order valence-corrected chi connectivity index (χ2v) is 8.74. The summed E-state index contributed by atoms with van der Waals surface area (Å²) >= 11 is 0.